The van der Waals surface area contributed by atoms with E-state index in [4.69, 9.17) is 9.47 Å². The number of hydrogen-bond donors (Lipinski definition) is 1. The number of thiophene rings is 1. The summed E-state index contributed by atoms with van der Waals surface area (Å²) in [7, 11) is 4.43. The van der Waals surface area contributed by atoms with Gasteiger partial charge in [-0.25, -0.2) is 14.6 Å². The van der Waals surface area contributed by atoms with Crippen LogP contribution in [0.5, 0.6) is 5.75 Å². The zero-order valence-corrected chi connectivity index (χ0v) is 20.3. The fraction of sp³-hybridized carbons (Fsp3) is 0.261. The number of aromatic nitrogens is 4. The zero-order chi connectivity index (χ0) is 25.3. The molecule has 12 heteroatoms. The lowest BCUT2D eigenvalue weighted by atomic mass is 10.2. The monoisotopic (exact) mass is 497 g/mol. The van der Waals surface area contributed by atoms with Crippen LogP contribution in [0.3, 0.4) is 0 Å². The molecule has 11 nitrogen and oxygen atoms in total. The maximum atomic E-state index is 12.9. The molecule has 0 fully saturated rings. The molecule has 0 bridgehead atoms. The molecule has 0 aliphatic rings. The van der Waals surface area contributed by atoms with E-state index in [0.29, 0.717) is 11.4 Å². The average Bonchev–Trinajstić information content (AvgIpc) is 3.46. The Morgan fingerprint density at radius 2 is 1.83 bits per heavy atom. The summed E-state index contributed by atoms with van der Waals surface area (Å²) in [5.74, 6) is -0.338. The molecule has 3 heterocycles. The van der Waals surface area contributed by atoms with Crippen molar-refractivity contribution in [3.63, 3.8) is 0 Å². The number of carbonyl (C=O) groups excluding carboxylic acids is 2. The number of hydrogen-bond acceptors (Lipinski definition) is 8. The second-order valence-electron chi connectivity index (χ2n) is 7.60. The average molecular weight is 498 g/mol. The van der Waals surface area contributed by atoms with Crippen LogP contribution in [0.4, 0.5) is 5.69 Å². The lowest BCUT2D eigenvalue weighted by Crippen LogP contribution is -2.37. The summed E-state index contributed by atoms with van der Waals surface area (Å²) in [5.41, 5.74) is 0.370. The highest BCUT2D eigenvalue weighted by Gasteiger charge is 2.21. The molecule has 1 aromatic carbocycles. The van der Waals surface area contributed by atoms with Crippen LogP contribution in [0.15, 0.2) is 46.2 Å². The normalized spacial score (nSPS) is 11.0. The van der Waals surface area contributed by atoms with Gasteiger partial charge >= 0.3 is 11.7 Å². The van der Waals surface area contributed by atoms with Crippen molar-refractivity contribution in [3.05, 3.63) is 62.4 Å². The van der Waals surface area contributed by atoms with Gasteiger partial charge in [0.2, 0.25) is 5.91 Å². The van der Waals surface area contributed by atoms with Gasteiger partial charge in [-0.2, -0.15) is 0 Å². The van der Waals surface area contributed by atoms with E-state index >= 15 is 0 Å². The predicted molar refractivity (Wildman–Crippen MR) is 131 cm³/mol. The Labute approximate surface area is 203 Å². The number of aryl methyl sites for hydroxylation is 1. The van der Waals surface area contributed by atoms with Crippen LogP contribution < -0.4 is 21.3 Å². The van der Waals surface area contributed by atoms with E-state index in [9.17, 15) is 19.2 Å². The number of ether oxygens (including phenoxy) is 2. The Morgan fingerprint density at radius 1 is 1.11 bits per heavy atom. The molecule has 35 heavy (non-hydrogen) atoms. The van der Waals surface area contributed by atoms with Gasteiger partial charge in [-0.05, 0) is 42.8 Å². The fourth-order valence-electron chi connectivity index (χ4n) is 3.59. The molecule has 4 aromatic rings. The fourth-order valence-corrected chi connectivity index (χ4v) is 4.60. The number of esters is 1. The predicted octanol–water partition coefficient (Wildman–Crippen LogP) is 1.99. The van der Waals surface area contributed by atoms with Crippen LogP contribution in [0.2, 0.25) is 0 Å². The third-order valence-corrected chi connectivity index (χ3v) is 6.54. The summed E-state index contributed by atoms with van der Waals surface area (Å²) in [6, 6.07) is 9.00. The van der Waals surface area contributed by atoms with Crippen molar-refractivity contribution in [2.75, 3.05) is 19.0 Å². The van der Waals surface area contributed by atoms with Crippen molar-refractivity contribution < 1.29 is 19.1 Å². The highest BCUT2D eigenvalue weighted by atomic mass is 32.1. The molecule has 0 unspecified atom stereocenters. The topological polar surface area (TPSA) is 126 Å². The number of carbonyl (C=O) groups is 2. The number of benzene rings is 1. The maximum absolute atomic E-state index is 12.9. The minimum Gasteiger partial charge on any atom is -0.497 e. The lowest BCUT2D eigenvalue weighted by molar-refractivity contribution is -0.116. The standard InChI is InChI=1S/C23H23N5O6S/c1-5-34-22(31)19-15(10-16(35-19)13-6-8-14(33-4)9-7-13)25-17(29)11-28-12-24-20-18(28)21(30)27(3)23(32)26(20)2/h6-10,12H,5,11H2,1-4H3,(H,25,29). The Hall–Kier alpha value is -4.19. The number of nitrogens with one attached hydrogen (secondary N) is 1. The van der Waals surface area contributed by atoms with Crippen molar-refractivity contribution in [1.29, 1.82) is 0 Å². The molecule has 1 amide bonds. The maximum Gasteiger partial charge on any atom is 0.350 e. The Balaban J connectivity index is 1.66. The van der Waals surface area contributed by atoms with Crippen molar-refractivity contribution in [2.45, 2.75) is 13.5 Å². The van der Waals surface area contributed by atoms with E-state index in [2.05, 4.69) is 10.3 Å². The Kier molecular flexibility index (Phi) is 6.56. The third-order valence-electron chi connectivity index (χ3n) is 5.37. The van der Waals surface area contributed by atoms with Gasteiger partial charge in [0.25, 0.3) is 5.56 Å². The summed E-state index contributed by atoms with van der Waals surface area (Å²) < 4.78 is 13.9. The van der Waals surface area contributed by atoms with Crippen molar-refractivity contribution >= 4 is 40.1 Å². The Morgan fingerprint density at radius 3 is 2.49 bits per heavy atom. The number of amides is 1. The molecule has 182 valence electrons. The summed E-state index contributed by atoms with van der Waals surface area (Å²) in [6.07, 6.45) is 1.33. The molecule has 0 radical (unpaired) electrons. The van der Waals surface area contributed by atoms with E-state index in [-0.39, 0.29) is 29.2 Å². The van der Waals surface area contributed by atoms with Crippen molar-refractivity contribution in [3.8, 4) is 16.2 Å². The molecule has 0 aliphatic carbocycles. The van der Waals surface area contributed by atoms with E-state index in [0.717, 1.165) is 15.0 Å². The van der Waals surface area contributed by atoms with Gasteiger partial charge < -0.3 is 19.4 Å². The summed E-state index contributed by atoms with van der Waals surface area (Å²) >= 11 is 1.19. The van der Waals surface area contributed by atoms with Gasteiger partial charge in [-0.3, -0.25) is 18.7 Å². The van der Waals surface area contributed by atoms with Crippen molar-refractivity contribution in [1.82, 2.24) is 18.7 Å². The third kappa shape index (κ3) is 4.47. The molecule has 4 rings (SSSR count). The van der Waals surface area contributed by atoms with E-state index < -0.39 is 23.1 Å². The molecular formula is C23H23N5O6S. The first kappa shape index (κ1) is 24.0. The number of nitrogens with zero attached hydrogens (tertiary/aromatic N) is 4. The van der Waals surface area contributed by atoms with Crippen LogP contribution in [0.25, 0.3) is 21.6 Å². The van der Waals surface area contributed by atoms with Gasteiger partial charge in [-0.1, -0.05) is 0 Å². The first-order valence-electron chi connectivity index (χ1n) is 10.6. The van der Waals surface area contributed by atoms with Gasteiger partial charge in [-0.15, -0.1) is 11.3 Å². The lowest BCUT2D eigenvalue weighted by Gasteiger charge is -2.08. The molecule has 0 aliphatic heterocycles. The first-order valence-corrected chi connectivity index (χ1v) is 11.4. The van der Waals surface area contributed by atoms with Gasteiger partial charge in [0.1, 0.15) is 17.2 Å². The first-order chi connectivity index (χ1) is 16.7. The highest BCUT2D eigenvalue weighted by Crippen LogP contribution is 2.36. The number of fused-ring (bicyclic) bond motifs is 1. The zero-order valence-electron chi connectivity index (χ0n) is 19.5. The second kappa shape index (κ2) is 9.58. The quantitative estimate of drug-likeness (QED) is 0.387. The highest BCUT2D eigenvalue weighted by molar-refractivity contribution is 7.18. The number of rotatable bonds is 7. The van der Waals surface area contributed by atoms with E-state index in [1.165, 1.54) is 40.9 Å². The van der Waals surface area contributed by atoms with Crippen LogP contribution in [0.1, 0.15) is 16.6 Å². The molecule has 0 saturated carbocycles. The smallest absolute Gasteiger partial charge is 0.350 e. The molecule has 0 saturated heterocycles. The molecular weight excluding hydrogens is 474 g/mol. The molecule has 1 N–H and O–H groups in total. The molecule has 0 spiro atoms. The van der Waals surface area contributed by atoms with E-state index in [1.54, 1.807) is 32.2 Å². The van der Waals surface area contributed by atoms with Crippen LogP contribution >= 0.6 is 11.3 Å². The molecule has 0 atom stereocenters. The molecule has 3 aromatic heterocycles. The number of anilines is 1. The van der Waals surface area contributed by atoms with Crippen LogP contribution in [-0.4, -0.2) is 44.3 Å². The number of imidazole rings is 1. The van der Waals surface area contributed by atoms with Gasteiger partial charge in [0, 0.05) is 19.0 Å². The summed E-state index contributed by atoms with van der Waals surface area (Å²) in [6.45, 7) is 1.64. The SMILES string of the molecule is CCOC(=O)c1sc(-c2ccc(OC)cc2)cc1NC(=O)Cn1cnc2c1c(=O)n(C)c(=O)n2C. The summed E-state index contributed by atoms with van der Waals surface area (Å²) in [5, 5.41) is 2.75. The van der Waals surface area contributed by atoms with Crippen LogP contribution in [0, 0.1) is 0 Å². The minimum atomic E-state index is -0.557. The Bertz CT molecular complexity index is 1540. The van der Waals surface area contributed by atoms with Gasteiger partial charge in [0.05, 0.1) is 25.7 Å². The minimum absolute atomic E-state index is 0.125. The van der Waals surface area contributed by atoms with Crippen molar-refractivity contribution in [2.24, 2.45) is 14.1 Å². The van der Waals surface area contributed by atoms with E-state index in [1.807, 2.05) is 12.1 Å². The summed E-state index contributed by atoms with van der Waals surface area (Å²) in [4.78, 5) is 55.4. The second-order valence-corrected chi connectivity index (χ2v) is 8.65. The largest absolute Gasteiger partial charge is 0.497 e. The van der Waals surface area contributed by atoms with Gasteiger partial charge in [0.15, 0.2) is 11.2 Å². The van der Waals surface area contributed by atoms with Crippen LogP contribution in [-0.2, 0) is 30.2 Å². The number of methoxy groups -OCH3 is 1.